The van der Waals surface area contributed by atoms with E-state index < -0.39 is 0 Å². The minimum atomic E-state index is -0.189. The molecule has 3 nitrogen and oxygen atoms in total. The summed E-state index contributed by atoms with van der Waals surface area (Å²) in [6.07, 6.45) is 0.659. The highest BCUT2D eigenvalue weighted by Gasteiger charge is 2.33. The van der Waals surface area contributed by atoms with E-state index in [1.54, 1.807) is 0 Å². The van der Waals surface area contributed by atoms with Crippen LogP contribution in [0.25, 0.3) is 0 Å². The molecule has 15 heavy (non-hydrogen) atoms. The molecular formula is C11H14ClNO2. The molecule has 1 aliphatic rings. The van der Waals surface area contributed by atoms with Crippen molar-refractivity contribution in [1.82, 2.24) is 0 Å². The Hall–Kier alpha value is -1.06. The van der Waals surface area contributed by atoms with E-state index in [1.165, 1.54) is 7.11 Å². The van der Waals surface area contributed by atoms with Crippen molar-refractivity contribution in [2.45, 2.75) is 18.4 Å². The molecule has 1 aromatic carbocycles. The molecule has 0 saturated heterocycles. The molecule has 0 aliphatic heterocycles. The molecule has 0 heterocycles. The van der Waals surface area contributed by atoms with E-state index in [9.17, 15) is 4.79 Å². The Morgan fingerprint density at radius 1 is 1.40 bits per heavy atom. The maximum absolute atomic E-state index is 11.4. The molecule has 2 unspecified atom stereocenters. The number of fused-ring (bicyclic) bond motifs is 1. The fourth-order valence-corrected chi connectivity index (χ4v) is 2.04. The highest BCUT2D eigenvalue weighted by Crippen LogP contribution is 2.39. The van der Waals surface area contributed by atoms with Gasteiger partial charge in [-0.05, 0) is 17.5 Å². The first kappa shape index (κ1) is 12.0. The van der Waals surface area contributed by atoms with Crippen LogP contribution >= 0.6 is 12.4 Å². The van der Waals surface area contributed by atoms with Crippen LogP contribution in [0.2, 0.25) is 0 Å². The highest BCUT2D eigenvalue weighted by molar-refractivity contribution is 5.85. The summed E-state index contributed by atoms with van der Waals surface area (Å²) in [5.74, 6) is -0.364. The average molecular weight is 228 g/mol. The summed E-state index contributed by atoms with van der Waals surface area (Å²) >= 11 is 0. The Labute approximate surface area is 95.0 Å². The molecule has 0 bridgehead atoms. The first-order valence-corrected chi connectivity index (χ1v) is 4.66. The third-order valence-electron chi connectivity index (χ3n) is 2.75. The molecule has 4 heteroatoms. The van der Waals surface area contributed by atoms with Crippen LogP contribution in [-0.4, -0.2) is 13.1 Å². The fraction of sp³-hybridized carbons (Fsp3) is 0.364. The number of esters is 1. The summed E-state index contributed by atoms with van der Waals surface area (Å²) in [6, 6.07) is 7.76. The first-order chi connectivity index (χ1) is 6.74. The smallest absolute Gasteiger partial charge is 0.313 e. The molecule has 0 radical (unpaired) electrons. The number of methoxy groups -OCH3 is 1. The van der Waals surface area contributed by atoms with Gasteiger partial charge in [0.1, 0.15) is 0 Å². The van der Waals surface area contributed by atoms with Gasteiger partial charge in [0.05, 0.1) is 13.0 Å². The van der Waals surface area contributed by atoms with E-state index in [1.807, 2.05) is 24.3 Å². The normalized spacial score (nSPS) is 22.8. The minimum Gasteiger partial charge on any atom is -0.469 e. The quantitative estimate of drug-likeness (QED) is 0.744. The summed E-state index contributed by atoms with van der Waals surface area (Å²) in [4.78, 5) is 11.4. The van der Waals surface area contributed by atoms with Gasteiger partial charge in [-0.1, -0.05) is 24.3 Å². The summed E-state index contributed by atoms with van der Waals surface area (Å²) in [5.41, 5.74) is 8.01. The second-order valence-electron chi connectivity index (χ2n) is 3.55. The Morgan fingerprint density at radius 2 is 2.00 bits per heavy atom. The molecule has 2 N–H and O–H groups in total. The lowest BCUT2D eigenvalue weighted by Crippen LogP contribution is -2.12. The zero-order valence-electron chi connectivity index (χ0n) is 8.47. The molecule has 82 valence electrons. The number of rotatable bonds is 1. The van der Waals surface area contributed by atoms with Crippen molar-refractivity contribution in [2.24, 2.45) is 5.73 Å². The van der Waals surface area contributed by atoms with E-state index >= 15 is 0 Å². The van der Waals surface area contributed by atoms with Crippen LogP contribution in [0, 0.1) is 0 Å². The van der Waals surface area contributed by atoms with Crippen molar-refractivity contribution in [1.29, 1.82) is 0 Å². The lowest BCUT2D eigenvalue weighted by molar-refractivity contribution is -0.142. The molecule has 0 fully saturated rings. The van der Waals surface area contributed by atoms with Crippen molar-refractivity contribution in [3.05, 3.63) is 35.4 Å². The first-order valence-electron chi connectivity index (χ1n) is 4.66. The second kappa shape index (κ2) is 4.64. The minimum absolute atomic E-state index is 0. The third-order valence-corrected chi connectivity index (χ3v) is 2.75. The lowest BCUT2D eigenvalue weighted by Gasteiger charge is -2.07. The second-order valence-corrected chi connectivity index (χ2v) is 3.55. The van der Waals surface area contributed by atoms with Gasteiger partial charge in [0.15, 0.2) is 0 Å². The molecule has 1 aliphatic carbocycles. The van der Waals surface area contributed by atoms with Crippen molar-refractivity contribution in [2.75, 3.05) is 7.11 Å². The van der Waals surface area contributed by atoms with Crippen molar-refractivity contribution in [3.63, 3.8) is 0 Å². The number of halogens is 1. The Morgan fingerprint density at radius 3 is 2.60 bits per heavy atom. The molecule has 0 aromatic heterocycles. The number of carbonyl (C=O) groups excluding carboxylic acids is 1. The van der Waals surface area contributed by atoms with E-state index in [4.69, 9.17) is 10.5 Å². The predicted octanol–water partition coefficient (Wildman–Crippen LogP) is 1.77. The number of ether oxygens (including phenoxy) is 1. The number of hydrogen-bond donors (Lipinski definition) is 1. The summed E-state index contributed by atoms with van der Waals surface area (Å²) < 4.78 is 4.74. The molecule has 0 spiro atoms. The summed E-state index contributed by atoms with van der Waals surface area (Å²) in [7, 11) is 1.41. The lowest BCUT2D eigenvalue weighted by atomic mass is 10.0. The Bertz CT molecular complexity index is 367. The van der Waals surface area contributed by atoms with Gasteiger partial charge in [-0.2, -0.15) is 0 Å². The van der Waals surface area contributed by atoms with Crippen LogP contribution in [0.15, 0.2) is 24.3 Å². The Kier molecular flexibility index (Phi) is 3.72. The maximum atomic E-state index is 11.4. The monoisotopic (exact) mass is 227 g/mol. The van der Waals surface area contributed by atoms with Crippen LogP contribution in [0.1, 0.15) is 29.5 Å². The van der Waals surface area contributed by atoms with E-state index in [0.29, 0.717) is 6.42 Å². The van der Waals surface area contributed by atoms with Crippen molar-refractivity contribution in [3.8, 4) is 0 Å². The van der Waals surface area contributed by atoms with Crippen LogP contribution in [0.3, 0.4) is 0 Å². The van der Waals surface area contributed by atoms with Crippen molar-refractivity contribution < 1.29 is 9.53 Å². The van der Waals surface area contributed by atoms with Gasteiger partial charge >= 0.3 is 5.97 Å². The SMILES string of the molecule is COC(=O)C1CC(N)c2ccccc21.Cl. The maximum Gasteiger partial charge on any atom is 0.313 e. The molecule has 0 saturated carbocycles. The molecule has 2 atom stereocenters. The van der Waals surface area contributed by atoms with Crippen molar-refractivity contribution >= 4 is 18.4 Å². The number of hydrogen-bond acceptors (Lipinski definition) is 3. The predicted molar refractivity (Wildman–Crippen MR) is 60.0 cm³/mol. The average Bonchev–Trinajstić information content (AvgIpc) is 2.56. The zero-order valence-corrected chi connectivity index (χ0v) is 9.29. The standard InChI is InChI=1S/C11H13NO2.ClH/c1-14-11(13)9-6-10(12)8-5-3-2-4-7(8)9;/h2-5,9-10H,6,12H2,1H3;1H. The van der Waals surface area contributed by atoms with E-state index in [2.05, 4.69) is 0 Å². The van der Waals surface area contributed by atoms with Crippen LogP contribution in [0.4, 0.5) is 0 Å². The molecular weight excluding hydrogens is 214 g/mol. The molecule has 1 aromatic rings. The van der Waals surface area contributed by atoms with Crippen LogP contribution in [0.5, 0.6) is 0 Å². The molecule has 0 amide bonds. The van der Waals surface area contributed by atoms with Gasteiger partial charge in [0, 0.05) is 6.04 Å². The largest absolute Gasteiger partial charge is 0.469 e. The van der Waals surface area contributed by atoms with Gasteiger partial charge in [-0.15, -0.1) is 12.4 Å². The zero-order chi connectivity index (χ0) is 10.1. The number of carbonyl (C=O) groups is 1. The van der Waals surface area contributed by atoms with E-state index in [0.717, 1.165) is 11.1 Å². The van der Waals surface area contributed by atoms with Crippen LogP contribution < -0.4 is 5.73 Å². The van der Waals surface area contributed by atoms with Gasteiger partial charge < -0.3 is 10.5 Å². The summed E-state index contributed by atoms with van der Waals surface area (Å²) in [5, 5.41) is 0. The number of nitrogens with two attached hydrogens (primary N) is 1. The third kappa shape index (κ3) is 1.98. The van der Waals surface area contributed by atoms with E-state index in [-0.39, 0.29) is 30.3 Å². The van der Waals surface area contributed by atoms with Gasteiger partial charge in [-0.25, -0.2) is 0 Å². The van der Waals surface area contributed by atoms with Gasteiger partial charge in [-0.3, -0.25) is 4.79 Å². The van der Waals surface area contributed by atoms with Crippen LogP contribution in [-0.2, 0) is 9.53 Å². The highest BCUT2D eigenvalue weighted by atomic mass is 35.5. The topological polar surface area (TPSA) is 52.3 Å². The van der Waals surface area contributed by atoms with Gasteiger partial charge in [0.2, 0.25) is 0 Å². The summed E-state index contributed by atoms with van der Waals surface area (Å²) in [6.45, 7) is 0. The Balaban J connectivity index is 0.00000112. The number of benzene rings is 1. The van der Waals surface area contributed by atoms with Gasteiger partial charge in [0.25, 0.3) is 0 Å². The fourth-order valence-electron chi connectivity index (χ4n) is 2.04. The molecule has 2 rings (SSSR count).